The Morgan fingerprint density at radius 3 is 2.78 bits per heavy atom. The second-order valence-corrected chi connectivity index (χ2v) is 7.24. The lowest BCUT2D eigenvalue weighted by molar-refractivity contribution is -0.256. The second-order valence-electron chi connectivity index (χ2n) is 6.80. The molecule has 2 aromatic carbocycles. The third kappa shape index (κ3) is 3.43. The number of rotatable bonds is 5. The number of anilines is 1. The van der Waals surface area contributed by atoms with E-state index in [4.69, 9.17) is 25.8 Å². The van der Waals surface area contributed by atoms with Crippen molar-refractivity contribution < 1.29 is 19.0 Å². The van der Waals surface area contributed by atoms with Crippen LogP contribution in [0.4, 0.5) is 5.69 Å². The van der Waals surface area contributed by atoms with Crippen LogP contribution in [0.3, 0.4) is 0 Å². The molecular formula is C21H22ClNO4. The first kappa shape index (κ1) is 18.3. The number of benzene rings is 2. The molecule has 2 aliphatic heterocycles. The van der Waals surface area contributed by atoms with Crippen molar-refractivity contribution in [2.45, 2.75) is 25.6 Å². The van der Waals surface area contributed by atoms with Gasteiger partial charge in [-0.15, -0.1) is 0 Å². The summed E-state index contributed by atoms with van der Waals surface area (Å²) in [5.41, 5.74) is 2.64. The van der Waals surface area contributed by atoms with E-state index in [9.17, 15) is 4.79 Å². The van der Waals surface area contributed by atoms with Gasteiger partial charge in [0.05, 0.1) is 25.5 Å². The lowest BCUT2D eigenvalue weighted by Gasteiger charge is -2.32. The van der Waals surface area contributed by atoms with E-state index in [1.165, 1.54) is 0 Å². The summed E-state index contributed by atoms with van der Waals surface area (Å²) < 4.78 is 17.5. The van der Waals surface area contributed by atoms with Crippen LogP contribution in [0.5, 0.6) is 5.75 Å². The molecule has 2 aliphatic rings. The van der Waals surface area contributed by atoms with E-state index in [-0.39, 0.29) is 5.91 Å². The highest BCUT2D eigenvalue weighted by Gasteiger charge is 2.54. The highest BCUT2D eigenvalue weighted by Crippen LogP contribution is 2.46. The van der Waals surface area contributed by atoms with E-state index < -0.39 is 5.79 Å². The molecule has 0 N–H and O–H groups in total. The first-order valence-corrected chi connectivity index (χ1v) is 9.57. The van der Waals surface area contributed by atoms with Crippen molar-refractivity contribution in [2.75, 3.05) is 31.3 Å². The van der Waals surface area contributed by atoms with Gasteiger partial charge in [-0.3, -0.25) is 4.79 Å². The third-order valence-corrected chi connectivity index (χ3v) is 5.05. The van der Waals surface area contributed by atoms with E-state index in [2.05, 4.69) is 0 Å². The molecule has 2 heterocycles. The smallest absolute Gasteiger partial charge is 0.292 e. The van der Waals surface area contributed by atoms with Gasteiger partial charge in [0, 0.05) is 17.1 Å². The lowest BCUT2D eigenvalue weighted by atomic mass is 10.1. The molecule has 0 aliphatic carbocycles. The van der Waals surface area contributed by atoms with Crippen LogP contribution in [0.2, 0.25) is 5.02 Å². The molecule has 1 amide bonds. The van der Waals surface area contributed by atoms with Gasteiger partial charge in [-0.1, -0.05) is 23.7 Å². The van der Waals surface area contributed by atoms with Gasteiger partial charge < -0.3 is 19.1 Å². The SMILES string of the molecule is Cc1cccc(OCCCN2C(=O)C3(OCCCO3)c3cc(Cl)ccc32)c1. The third-order valence-electron chi connectivity index (χ3n) is 4.81. The molecular weight excluding hydrogens is 366 g/mol. The molecule has 142 valence electrons. The number of carbonyl (C=O) groups excluding carboxylic acids is 1. The molecule has 0 atom stereocenters. The van der Waals surface area contributed by atoms with Crippen molar-refractivity contribution in [3.05, 3.63) is 58.6 Å². The average Bonchev–Trinajstić information content (AvgIpc) is 2.88. The van der Waals surface area contributed by atoms with Crippen LogP contribution < -0.4 is 9.64 Å². The van der Waals surface area contributed by atoms with Crippen LogP contribution in [0.1, 0.15) is 24.0 Å². The van der Waals surface area contributed by atoms with Crippen LogP contribution >= 0.6 is 11.6 Å². The molecule has 5 nitrogen and oxygen atoms in total. The number of nitrogens with zero attached hydrogens (tertiary/aromatic N) is 1. The van der Waals surface area contributed by atoms with Crippen molar-refractivity contribution in [2.24, 2.45) is 0 Å². The number of fused-ring (bicyclic) bond motifs is 2. The Hall–Kier alpha value is -2.08. The Balaban J connectivity index is 1.47. The molecule has 4 rings (SSSR count). The van der Waals surface area contributed by atoms with E-state index in [1.807, 2.05) is 37.3 Å². The lowest BCUT2D eigenvalue weighted by Crippen LogP contribution is -2.47. The molecule has 0 radical (unpaired) electrons. The Kier molecular flexibility index (Phi) is 5.08. The van der Waals surface area contributed by atoms with Gasteiger partial charge in [-0.2, -0.15) is 0 Å². The van der Waals surface area contributed by atoms with Gasteiger partial charge >= 0.3 is 0 Å². The maximum absolute atomic E-state index is 13.2. The quantitative estimate of drug-likeness (QED) is 0.726. The van der Waals surface area contributed by atoms with Crippen LogP contribution in [0, 0.1) is 6.92 Å². The summed E-state index contributed by atoms with van der Waals surface area (Å²) >= 11 is 6.17. The molecule has 2 aromatic rings. The summed E-state index contributed by atoms with van der Waals surface area (Å²) in [4.78, 5) is 14.9. The van der Waals surface area contributed by atoms with Crippen molar-refractivity contribution in [1.82, 2.24) is 0 Å². The van der Waals surface area contributed by atoms with Crippen molar-refractivity contribution in [1.29, 1.82) is 0 Å². The Labute approximate surface area is 163 Å². The zero-order valence-corrected chi connectivity index (χ0v) is 16.0. The first-order chi connectivity index (χ1) is 13.1. The summed E-state index contributed by atoms with van der Waals surface area (Å²) in [6, 6.07) is 13.3. The normalized spacial score (nSPS) is 18.0. The standard InChI is InChI=1S/C21H22ClNO4/c1-15-5-2-6-17(13-15)25-10-3-9-23-19-8-7-16(22)14-18(19)21(20(23)24)26-11-4-12-27-21/h2,5-8,13-14H,3-4,9-12H2,1H3. The zero-order chi connectivity index (χ0) is 18.9. The molecule has 1 saturated heterocycles. The Morgan fingerprint density at radius 1 is 1.19 bits per heavy atom. The van der Waals surface area contributed by atoms with E-state index in [1.54, 1.807) is 17.0 Å². The molecule has 0 saturated carbocycles. The van der Waals surface area contributed by atoms with Gasteiger partial charge in [0.2, 0.25) is 0 Å². The number of hydrogen-bond donors (Lipinski definition) is 0. The zero-order valence-electron chi connectivity index (χ0n) is 15.2. The highest BCUT2D eigenvalue weighted by molar-refractivity contribution is 6.31. The fourth-order valence-corrected chi connectivity index (χ4v) is 3.73. The number of hydrogen-bond acceptors (Lipinski definition) is 4. The number of amides is 1. The van der Waals surface area contributed by atoms with Crippen LogP contribution in [0.25, 0.3) is 0 Å². The average molecular weight is 388 g/mol. The molecule has 1 fully saturated rings. The molecule has 6 heteroatoms. The summed E-state index contributed by atoms with van der Waals surface area (Å²) in [6.07, 6.45) is 1.47. The second kappa shape index (κ2) is 7.50. The van der Waals surface area contributed by atoms with Gasteiger partial charge in [0.15, 0.2) is 0 Å². The van der Waals surface area contributed by atoms with E-state index in [0.717, 1.165) is 23.4 Å². The van der Waals surface area contributed by atoms with E-state index in [0.29, 0.717) is 43.4 Å². The highest BCUT2D eigenvalue weighted by atomic mass is 35.5. The molecule has 1 spiro atoms. The number of carbonyl (C=O) groups is 1. The maximum atomic E-state index is 13.2. The predicted octanol–water partition coefficient (Wildman–Crippen LogP) is 4.05. The van der Waals surface area contributed by atoms with Crippen molar-refractivity contribution in [3.8, 4) is 5.75 Å². The summed E-state index contributed by atoms with van der Waals surface area (Å²) in [5.74, 6) is -0.698. The summed E-state index contributed by atoms with van der Waals surface area (Å²) in [5, 5.41) is 0.559. The minimum Gasteiger partial charge on any atom is -0.494 e. The van der Waals surface area contributed by atoms with Crippen LogP contribution in [-0.4, -0.2) is 32.3 Å². The van der Waals surface area contributed by atoms with Gasteiger partial charge in [0.25, 0.3) is 11.7 Å². The monoisotopic (exact) mass is 387 g/mol. The van der Waals surface area contributed by atoms with Crippen LogP contribution in [-0.2, 0) is 20.1 Å². The van der Waals surface area contributed by atoms with Gasteiger partial charge in [0.1, 0.15) is 5.75 Å². The van der Waals surface area contributed by atoms with Crippen molar-refractivity contribution in [3.63, 3.8) is 0 Å². The number of halogens is 1. The molecule has 0 aromatic heterocycles. The van der Waals surface area contributed by atoms with E-state index >= 15 is 0 Å². The summed E-state index contributed by atoms with van der Waals surface area (Å²) in [6.45, 7) is 4.05. The minimum atomic E-state index is -1.35. The Morgan fingerprint density at radius 2 is 2.00 bits per heavy atom. The Bertz CT molecular complexity index is 848. The summed E-state index contributed by atoms with van der Waals surface area (Å²) in [7, 11) is 0. The fraction of sp³-hybridized carbons (Fsp3) is 0.381. The minimum absolute atomic E-state index is 0.185. The molecule has 0 unspecified atom stereocenters. The first-order valence-electron chi connectivity index (χ1n) is 9.19. The topological polar surface area (TPSA) is 48.0 Å². The fourth-order valence-electron chi connectivity index (χ4n) is 3.56. The maximum Gasteiger partial charge on any atom is 0.292 e. The largest absolute Gasteiger partial charge is 0.494 e. The molecule has 27 heavy (non-hydrogen) atoms. The predicted molar refractivity (Wildman–Crippen MR) is 103 cm³/mol. The van der Waals surface area contributed by atoms with Gasteiger partial charge in [-0.25, -0.2) is 0 Å². The number of aryl methyl sites for hydroxylation is 1. The van der Waals surface area contributed by atoms with Crippen LogP contribution in [0.15, 0.2) is 42.5 Å². The van der Waals surface area contributed by atoms with Gasteiger partial charge in [-0.05, 0) is 55.7 Å². The number of ether oxygens (including phenoxy) is 3. The van der Waals surface area contributed by atoms with Crippen molar-refractivity contribution >= 4 is 23.2 Å². The molecule has 0 bridgehead atoms.